The van der Waals surface area contributed by atoms with Crippen molar-refractivity contribution in [1.82, 2.24) is 0 Å². The molecule has 2 aromatic carbocycles. The average Bonchev–Trinajstić information content (AvgIpc) is 3.12. The van der Waals surface area contributed by atoms with E-state index >= 15 is 0 Å². The molecule has 0 heterocycles. The van der Waals surface area contributed by atoms with Crippen molar-refractivity contribution >= 4 is 23.3 Å². The number of benzene rings is 2. The Kier molecular flexibility index (Phi) is 6.67. The van der Waals surface area contributed by atoms with E-state index < -0.39 is 37.2 Å². The van der Waals surface area contributed by atoms with Gasteiger partial charge in [-0.3, -0.25) is 4.79 Å². The lowest BCUT2D eigenvalue weighted by molar-refractivity contribution is -0.274. The van der Waals surface area contributed by atoms with Crippen LogP contribution in [0, 0.1) is 5.92 Å². The van der Waals surface area contributed by atoms with Gasteiger partial charge in [0.15, 0.2) is 6.61 Å². The van der Waals surface area contributed by atoms with Crippen molar-refractivity contribution < 1.29 is 37.1 Å². The van der Waals surface area contributed by atoms with Crippen molar-refractivity contribution in [3.05, 3.63) is 84.0 Å². The number of esters is 1. The number of anilines is 1. The van der Waals surface area contributed by atoms with Gasteiger partial charge in [0.05, 0.1) is 5.71 Å². The number of allylic oxidation sites excluding steroid dienone is 4. The molecule has 2 unspecified atom stereocenters. The van der Waals surface area contributed by atoms with Crippen molar-refractivity contribution in [2.75, 3.05) is 18.5 Å². The van der Waals surface area contributed by atoms with Crippen LogP contribution in [0.25, 0.3) is 0 Å². The molecule has 176 valence electrons. The lowest BCUT2D eigenvalue weighted by Gasteiger charge is -2.15. The first-order chi connectivity index (χ1) is 16.3. The Labute approximate surface area is 192 Å². The standard InChI is InChI=1S/C24H19F3N2O5/c25-24(26,27)34-16-11-9-15(10-12-16)28-21(30)13-32-22(31)14-33-29-23-19-7-3-1-5-17(19)18-6-2-4-8-20(18)23/h1-12,17,19H,13-14H2,(H,28,30). The van der Waals surface area contributed by atoms with Gasteiger partial charge in [0.2, 0.25) is 6.61 Å². The third-order valence-electron chi connectivity index (χ3n) is 5.13. The van der Waals surface area contributed by atoms with Crippen LogP contribution in [-0.2, 0) is 19.2 Å². The minimum atomic E-state index is -4.81. The molecule has 0 aromatic heterocycles. The number of hydrogen-bond donors (Lipinski definition) is 1. The van der Waals surface area contributed by atoms with Crippen molar-refractivity contribution in [3.8, 4) is 5.75 Å². The Morgan fingerprint density at radius 1 is 0.941 bits per heavy atom. The fourth-order valence-electron chi connectivity index (χ4n) is 3.76. The Hall–Kier alpha value is -4.08. The number of alkyl halides is 3. The normalized spacial score (nSPS) is 19.3. The van der Waals surface area contributed by atoms with E-state index in [-0.39, 0.29) is 17.5 Å². The number of carbonyl (C=O) groups is 2. The van der Waals surface area contributed by atoms with E-state index in [4.69, 9.17) is 9.57 Å². The number of nitrogens with one attached hydrogen (secondary N) is 1. The summed E-state index contributed by atoms with van der Waals surface area (Å²) in [6, 6.07) is 12.4. The molecule has 7 nitrogen and oxygen atoms in total. The van der Waals surface area contributed by atoms with Crippen molar-refractivity contribution in [1.29, 1.82) is 0 Å². The van der Waals surface area contributed by atoms with E-state index in [1.165, 1.54) is 12.1 Å². The highest BCUT2D eigenvalue weighted by atomic mass is 19.4. The molecule has 2 atom stereocenters. The first-order valence-corrected chi connectivity index (χ1v) is 10.3. The van der Waals surface area contributed by atoms with E-state index in [1.807, 2.05) is 42.5 Å². The number of nitrogens with zero attached hydrogens (tertiary/aromatic N) is 1. The van der Waals surface area contributed by atoms with Gasteiger partial charge in [-0.25, -0.2) is 4.79 Å². The molecule has 2 aliphatic carbocycles. The smallest absolute Gasteiger partial charge is 0.453 e. The van der Waals surface area contributed by atoms with Gasteiger partial charge in [0.25, 0.3) is 5.91 Å². The average molecular weight is 472 g/mol. The molecule has 2 aliphatic rings. The summed E-state index contributed by atoms with van der Waals surface area (Å²) in [5.74, 6) is -1.72. The summed E-state index contributed by atoms with van der Waals surface area (Å²) in [5, 5.41) is 6.55. The number of hydrogen-bond acceptors (Lipinski definition) is 6. The third kappa shape index (κ3) is 5.64. The quantitative estimate of drug-likeness (QED) is 0.479. The van der Waals surface area contributed by atoms with Crippen LogP contribution >= 0.6 is 0 Å². The van der Waals surface area contributed by atoms with Gasteiger partial charge in [-0.15, -0.1) is 13.2 Å². The largest absolute Gasteiger partial charge is 0.573 e. The molecule has 0 saturated heterocycles. The van der Waals surface area contributed by atoms with Crippen molar-refractivity contribution in [3.63, 3.8) is 0 Å². The number of carbonyl (C=O) groups excluding carboxylic acids is 2. The van der Waals surface area contributed by atoms with Crippen molar-refractivity contribution in [2.45, 2.75) is 12.3 Å². The molecule has 10 heteroatoms. The minimum absolute atomic E-state index is 0.0112. The highest BCUT2D eigenvalue weighted by Gasteiger charge is 2.36. The molecule has 0 bridgehead atoms. The first-order valence-electron chi connectivity index (χ1n) is 10.3. The topological polar surface area (TPSA) is 86.2 Å². The minimum Gasteiger partial charge on any atom is -0.453 e. The predicted molar refractivity (Wildman–Crippen MR) is 116 cm³/mol. The van der Waals surface area contributed by atoms with Gasteiger partial charge in [-0.05, 0) is 29.8 Å². The maximum absolute atomic E-state index is 12.2. The Morgan fingerprint density at radius 2 is 1.65 bits per heavy atom. The monoisotopic (exact) mass is 472 g/mol. The van der Waals surface area contributed by atoms with Crippen LogP contribution in [-0.4, -0.2) is 37.2 Å². The van der Waals surface area contributed by atoms with E-state index in [0.29, 0.717) is 5.71 Å². The summed E-state index contributed by atoms with van der Waals surface area (Å²) in [4.78, 5) is 29.1. The van der Waals surface area contributed by atoms with Crippen LogP contribution < -0.4 is 10.1 Å². The van der Waals surface area contributed by atoms with Gasteiger partial charge in [0.1, 0.15) is 5.75 Å². The molecular weight excluding hydrogens is 453 g/mol. The Bertz CT molecular complexity index is 1160. The van der Waals surface area contributed by atoms with Crippen LogP contribution in [0.2, 0.25) is 0 Å². The van der Waals surface area contributed by atoms with E-state index in [9.17, 15) is 22.8 Å². The third-order valence-corrected chi connectivity index (χ3v) is 5.13. The molecule has 4 rings (SSSR count). The number of amides is 1. The molecule has 1 amide bonds. The number of ether oxygens (including phenoxy) is 2. The first kappa shape index (κ1) is 23.1. The summed E-state index contributed by atoms with van der Waals surface area (Å²) in [7, 11) is 0. The van der Waals surface area contributed by atoms with Gasteiger partial charge in [-0.1, -0.05) is 53.7 Å². The molecule has 0 fully saturated rings. The van der Waals surface area contributed by atoms with Gasteiger partial charge < -0.3 is 19.6 Å². The fourth-order valence-corrected chi connectivity index (χ4v) is 3.76. The van der Waals surface area contributed by atoms with Crippen molar-refractivity contribution in [2.24, 2.45) is 11.1 Å². The summed E-state index contributed by atoms with van der Waals surface area (Å²) in [6.07, 6.45) is 3.23. The van der Waals surface area contributed by atoms with Crippen LogP contribution in [0.15, 0.2) is 78.0 Å². The second kappa shape index (κ2) is 9.82. The maximum atomic E-state index is 12.2. The van der Waals surface area contributed by atoms with E-state index in [1.54, 1.807) is 0 Å². The zero-order valence-electron chi connectivity index (χ0n) is 17.6. The zero-order chi connectivity index (χ0) is 24.1. The molecule has 0 radical (unpaired) electrons. The number of rotatable bonds is 7. The summed E-state index contributed by atoms with van der Waals surface area (Å²) >= 11 is 0. The van der Waals surface area contributed by atoms with Crippen LogP contribution in [0.4, 0.5) is 18.9 Å². The molecule has 1 N–H and O–H groups in total. The van der Waals surface area contributed by atoms with Crippen LogP contribution in [0.1, 0.15) is 17.0 Å². The molecule has 34 heavy (non-hydrogen) atoms. The maximum Gasteiger partial charge on any atom is 0.573 e. The van der Waals surface area contributed by atoms with E-state index in [2.05, 4.69) is 21.3 Å². The lowest BCUT2D eigenvalue weighted by atomic mass is 9.88. The summed E-state index contributed by atoms with van der Waals surface area (Å²) in [6.45, 7) is -1.08. The van der Waals surface area contributed by atoms with Gasteiger partial charge in [-0.2, -0.15) is 0 Å². The molecule has 0 saturated carbocycles. The Morgan fingerprint density at radius 3 is 2.38 bits per heavy atom. The molecular formula is C24H19F3N2O5. The van der Waals surface area contributed by atoms with E-state index in [0.717, 1.165) is 23.3 Å². The molecule has 0 aliphatic heterocycles. The summed E-state index contributed by atoms with van der Waals surface area (Å²) in [5.41, 5.74) is 3.01. The highest BCUT2D eigenvalue weighted by molar-refractivity contribution is 6.08. The van der Waals surface area contributed by atoms with Crippen LogP contribution in [0.3, 0.4) is 0 Å². The number of fused-ring (bicyclic) bond motifs is 3. The molecule has 2 aromatic rings. The summed E-state index contributed by atoms with van der Waals surface area (Å²) < 4.78 is 45.2. The van der Waals surface area contributed by atoms with Gasteiger partial charge >= 0.3 is 12.3 Å². The fraction of sp³-hybridized carbons (Fsp3) is 0.208. The second-order valence-electron chi connectivity index (χ2n) is 7.44. The van der Waals surface area contributed by atoms with Gasteiger partial charge in [0, 0.05) is 23.1 Å². The lowest BCUT2D eigenvalue weighted by Crippen LogP contribution is -2.23. The number of oxime groups is 1. The predicted octanol–water partition coefficient (Wildman–Crippen LogP) is 4.33. The highest BCUT2D eigenvalue weighted by Crippen LogP contribution is 2.41. The van der Waals surface area contributed by atoms with Crippen LogP contribution in [0.5, 0.6) is 5.75 Å². The number of halogens is 3. The second-order valence-corrected chi connectivity index (χ2v) is 7.44. The SMILES string of the molecule is O=C(COC(=O)CON=C1c2ccccc2C2C=CC=CC12)Nc1ccc(OC(F)(F)F)cc1. The Balaban J connectivity index is 1.25. The zero-order valence-corrected chi connectivity index (χ0v) is 17.6. The molecule has 0 spiro atoms.